The standard InChI is InChI=1S/C15H11Br2ClO2/c16-10-3-1-9(2-4-10)15(18)11-7-13-14(8-12(11)17)20-6-5-19-13/h1-4,7-8,15H,5-6H2. The third kappa shape index (κ3) is 2.83. The van der Waals surface area contributed by atoms with E-state index in [1.165, 1.54) is 0 Å². The lowest BCUT2D eigenvalue weighted by atomic mass is 10.0. The zero-order valence-corrected chi connectivity index (χ0v) is 14.3. The lowest BCUT2D eigenvalue weighted by Gasteiger charge is -2.21. The van der Waals surface area contributed by atoms with Crippen LogP contribution in [0.4, 0.5) is 0 Å². The molecule has 0 saturated carbocycles. The molecule has 0 aromatic heterocycles. The molecule has 1 aliphatic heterocycles. The van der Waals surface area contributed by atoms with Crippen molar-refractivity contribution in [1.82, 2.24) is 0 Å². The molecule has 104 valence electrons. The molecule has 2 aromatic carbocycles. The van der Waals surface area contributed by atoms with Crippen molar-refractivity contribution in [2.75, 3.05) is 13.2 Å². The summed E-state index contributed by atoms with van der Waals surface area (Å²) in [4.78, 5) is 0. The second kappa shape index (κ2) is 5.96. The first-order chi connectivity index (χ1) is 9.65. The zero-order chi connectivity index (χ0) is 14.1. The summed E-state index contributed by atoms with van der Waals surface area (Å²) in [5.74, 6) is 1.50. The van der Waals surface area contributed by atoms with Crippen molar-refractivity contribution < 1.29 is 9.47 Å². The molecule has 0 bridgehead atoms. The maximum atomic E-state index is 6.59. The normalized spacial score (nSPS) is 14.9. The van der Waals surface area contributed by atoms with E-state index < -0.39 is 0 Å². The van der Waals surface area contributed by atoms with E-state index in [1.54, 1.807) is 0 Å². The van der Waals surface area contributed by atoms with Gasteiger partial charge in [-0.2, -0.15) is 0 Å². The van der Waals surface area contributed by atoms with Crippen molar-refractivity contribution in [1.29, 1.82) is 0 Å². The Morgan fingerprint density at radius 3 is 2.20 bits per heavy atom. The Bertz CT molecular complexity index is 629. The molecule has 0 aliphatic carbocycles. The van der Waals surface area contributed by atoms with E-state index >= 15 is 0 Å². The third-order valence-electron chi connectivity index (χ3n) is 3.10. The number of hydrogen-bond donors (Lipinski definition) is 0. The molecular formula is C15H11Br2ClO2. The van der Waals surface area contributed by atoms with E-state index in [2.05, 4.69) is 31.9 Å². The van der Waals surface area contributed by atoms with Gasteiger partial charge in [0.25, 0.3) is 0 Å². The Kier molecular flexibility index (Phi) is 4.24. The first kappa shape index (κ1) is 14.2. The van der Waals surface area contributed by atoms with E-state index in [-0.39, 0.29) is 5.38 Å². The fourth-order valence-electron chi connectivity index (χ4n) is 2.09. The van der Waals surface area contributed by atoms with Crippen molar-refractivity contribution in [3.05, 3.63) is 56.5 Å². The van der Waals surface area contributed by atoms with E-state index in [0.717, 1.165) is 31.6 Å². The molecule has 1 aliphatic rings. The Hall–Kier alpha value is -0.710. The van der Waals surface area contributed by atoms with Gasteiger partial charge in [-0.25, -0.2) is 0 Å². The Morgan fingerprint density at radius 2 is 1.55 bits per heavy atom. The van der Waals surface area contributed by atoms with Gasteiger partial charge in [0.15, 0.2) is 11.5 Å². The van der Waals surface area contributed by atoms with Gasteiger partial charge in [0.1, 0.15) is 13.2 Å². The smallest absolute Gasteiger partial charge is 0.162 e. The van der Waals surface area contributed by atoms with Crippen LogP contribution in [0.2, 0.25) is 0 Å². The minimum absolute atomic E-state index is 0.242. The van der Waals surface area contributed by atoms with Gasteiger partial charge >= 0.3 is 0 Å². The molecule has 5 heteroatoms. The summed E-state index contributed by atoms with van der Waals surface area (Å²) in [5, 5.41) is -0.242. The number of fused-ring (bicyclic) bond motifs is 1. The highest BCUT2D eigenvalue weighted by molar-refractivity contribution is 9.10. The monoisotopic (exact) mass is 416 g/mol. The minimum Gasteiger partial charge on any atom is -0.486 e. The van der Waals surface area contributed by atoms with Crippen LogP contribution in [0.5, 0.6) is 11.5 Å². The maximum absolute atomic E-state index is 6.59. The van der Waals surface area contributed by atoms with Gasteiger partial charge in [-0.1, -0.05) is 44.0 Å². The predicted octanol–water partition coefficient (Wildman–Crippen LogP) is 5.31. The molecule has 1 atom stereocenters. The van der Waals surface area contributed by atoms with Crippen molar-refractivity contribution in [3.8, 4) is 11.5 Å². The molecular weight excluding hydrogens is 407 g/mol. The van der Waals surface area contributed by atoms with Crippen LogP contribution < -0.4 is 9.47 Å². The fraction of sp³-hybridized carbons (Fsp3) is 0.200. The second-order valence-electron chi connectivity index (χ2n) is 4.43. The molecule has 1 unspecified atom stereocenters. The number of hydrogen-bond acceptors (Lipinski definition) is 2. The molecule has 20 heavy (non-hydrogen) atoms. The van der Waals surface area contributed by atoms with E-state index in [1.807, 2.05) is 36.4 Å². The van der Waals surface area contributed by atoms with E-state index in [4.69, 9.17) is 21.1 Å². The maximum Gasteiger partial charge on any atom is 0.162 e. The van der Waals surface area contributed by atoms with Crippen LogP contribution in [-0.4, -0.2) is 13.2 Å². The largest absolute Gasteiger partial charge is 0.486 e. The lowest BCUT2D eigenvalue weighted by molar-refractivity contribution is 0.171. The summed E-state index contributed by atoms with van der Waals surface area (Å²) in [6.45, 7) is 1.15. The van der Waals surface area contributed by atoms with Gasteiger partial charge in [0.2, 0.25) is 0 Å². The molecule has 0 saturated heterocycles. The number of benzene rings is 2. The summed E-state index contributed by atoms with van der Waals surface area (Å²) in [6.07, 6.45) is 0. The molecule has 0 fully saturated rings. The zero-order valence-electron chi connectivity index (χ0n) is 10.4. The highest BCUT2D eigenvalue weighted by atomic mass is 79.9. The third-order valence-corrected chi connectivity index (χ3v) is 4.80. The summed E-state index contributed by atoms with van der Waals surface area (Å²) in [5.41, 5.74) is 2.01. The summed E-state index contributed by atoms with van der Waals surface area (Å²) < 4.78 is 13.1. The number of alkyl halides is 1. The van der Waals surface area contributed by atoms with Crippen molar-refractivity contribution in [2.45, 2.75) is 5.38 Å². The summed E-state index contributed by atoms with van der Waals surface area (Å²) >= 11 is 13.6. The van der Waals surface area contributed by atoms with Crippen LogP contribution >= 0.6 is 43.5 Å². The van der Waals surface area contributed by atoms with Gasteiger partial charge in [-0.05, 0) is 35.4 Å². The van der Waals surface area contributed by atoms with Gasteiger partial charge in [0.05, 0.1) is 5.38 Å². The molecule has 0 radical (unpaired) electrons. The molecule has 3 rings (SSSR count). The molecule has 0 spiro atoms. The van der Waals surface area contributed by atoms with Crippen LogP contribution in [0.15, 0.2) is 45.3 Å². The van der Waals surface area contributed by atoms with Gasteiger partial charge in [-0.3, -0.25) is 0 Å². The quantitative estimate of drug-likeness (QED) is 0.616. The fourth-order valence-corrected chi connectivity index (χ4v) is 3.36. The molecule has 2 nitrogen and oxygen atoms in total. The highest BCUT2D eigenvalue weighted by Crippen LogP contribution is 2.41. The average Bonchev–Trinajstić information content (AvgIpc) is 2.46. The predicted molar refractivity (Wildman–Crippen MR) is 87.0 cm³/mol. The van der Waals surface area contributed by atoms with Crippen LogP contribution in [-0.2, 0) is 0 Å². The Labute approximate surface area is 139 Å². The summed E-state index contributed by atoms with van der Waals surface area (Å²) in [6, 6.07) is 11.8. The van der Waals surface area contributed by atoms with Crippen molar-refractivity contribution in [2.24, 2.45) is 0 Å². The molecule has 0 amide bonds. The van der Waals surface area contributed by atoms with Gasteiger partial charge in [-0.15, -0.1) is 11.6 Å². The van der Waals surface area contributed by atoms with Crippen LogP contribution in [0.25, 0.3) is 0 Å². The average molecular weight is 419 g/mol. The number of halogens is 3. The van der Waals surface area contributed by atoms with Crippen LogP contribution in [0.1, 0.15) is 16.5 Å². The Balaban J connectivity index is 1.98. The minimum atomic E-state index is -0.242. The second-order valence-corrected chi connectivity index (χ2v) is 6.64. The number of rotatable bonds is 2. The Morgan fingerprint density at radius 1 is 0.950 bits per heavy atom. The SMILES string of the molecule is ClC(c1ccc(Br)cc1)c1cc2c(cc1Br)OCCO2. The van der Waals surface area contributed by atoms with Gasteiger partial charge < -0.3 is 9.47 Å². The van der Waals surface area contributed by atoms with Crippen LogP contribution in [0.3, 0.4) is 0 Å². The lowest BCUT2D eigenvalue weighted by Crippen LogP contribution is -2.15. The van der Waals surface area contributed by atoms with Gasteiger partial charge in [0, 0.05) is 8.95 Å². The first-order valence-electron chi connectivity index (χ1n) is 6.14. The molecule has 2 aromatic rings. The van der Waals surface area contributed by atoms with Crippen LogP contribution in [0, 0.1) is 0 Å². The molecule has 0 N–H and O–H groups in total. The highest BCUT2D eigenvalue weighted by Gasteiger charge is 2.20. The summed E-state index contributed by atoms with van der Waals surface area (Å²) in [7, 11) is 0. The van der Waals surface area contributed by atoms with Crippen molar-refractivity contribution in [3.63, 3.8) is 0 Å². The first-order valence-corrected chi connectivity index (χ1v) is 8.16. The van der Waals surface area contributed by atoms with Crippen molar-refractivity contribution >= 4 is 43.5 Å². The van der Waals surface area contributed by atoms with E-state index in [0.29, 0.717) is 13.2 Å². The van der Waals surface area contributed by atoms with E-state index in [9.17, 15) is 0 Å². The topological polar surface area (TPSA) is 18.5 Å². The molecule has 1 heterocycles. The number of ether oxygens (including phenoxy) is 2.